The van der Waals surface area contributed by atoms with Crippen molar-refractivity contribution in [2.75, 3.05) is 7.11 Å². The number of fused-ring (bicyclic) bond motifs is 2. The van der Waals surface area contributed by atoms with Gasteiger partial charge in [0, 0.05) is 45.9 Å². The molecule has 0 radical (unpaired) electrons. The highest BCUT2D eigenvalue weighted by atomic mass is 19.1. The molecule has 6 aromatic rings. The summed E-state index contributed by atoms with van der Waals surface area (Å²) >= 11 is 0. The molecular weight excluding hydrogens is 505 g/mol. The van der Waals surface area contributed by atoms with Gasteiger partial charge in [-0.25, -0.2) is 4.39 Å². The molecule has 8 heteroatoms. The van der Waals surface area contributed by atoms with Crippen LogP contribution in [-0.2, 0) is 0 Å². The van der Waals surface area contributed by atoms with E-state index >= 15 is 0 Å². The molecule has 4 aromatic heterocycles. The van der Waals surface area contributed by atoms with Crippen molar-refractivity contribution in [2.45, 2.75) is 38.2 Å². The lowest BCUT2D eigenvalue weighted by molar-refractivity contribution is 0.154. The highest BCUT2D eigenvalue weighted by Gasteiger charge is 2.17. The lowest BCUT2D eigenvalue weighted by Gasteiger charge is -2.23. The normalized spacial score (nSPS) is 14.2. The molecule has 7 rings (SSSR count). The zero-order chi connectivity index (χ0) is 27.1. The summed E-state index contributed by atoms with van der Waals surface area (Å²) in [5.41, 5.74) is 6.76. The van der Waals surface area contributed by atoms with E-state index < -0.39 is 0 Å². The van der Waals surface area contributed by atoms with E-state index in [0.717, 1.165) is 62.9 Å². The Morgan fingerprint density at radius 3 is 2.52 bits per heavy atom. The molecule has 0 atom stereocenters. The van der Waals surface area contributed by atoms with Crippen molar-refractivity contribution >= 4 is 21.8 Å². The molecule has 1 aliphatic carbocycles. The number of nitrogens with one attached hydrogen (secondary N) is 2. The van der Waals surface area contributed by atoms with Crippen molar-refractivity contribution in [3.8, 4) is 45.3 Å². The van der Waals surface area contributed by atoms with Crippen molar-refractivity contribution in [1.82, 2.24) is 25.1 Å². The first-order valence-corrected chi connectivity index (χ1v) is 13.6. The molecule has 0 spiro atoms. The van der Waals surface area contributed by atoms with Crippen LogP contribution in [0.5, 0.6) is 11.5 Å². The molecule has 0 aliphatic heterocycles. The molecule has 0 amide bonds. The second kappa shape index (κ2) is 10.1. The molecule has 1 aliphatic rings. The van der Waals surface area contributed by atoms with Gasteiger partial charge in [0.1, 0.15) is 23.0 Å². The summed E-state index contributed by atoms with van der Waals surface area (Å²) in [6, 6.07) is 16.8. The predicted octanol–water partition coefficient (Wildman–Crippen LogP) is 7.69. The van der Waals surface area contributed by atoms with E-state index in [1.165, 1.54) is 38.5 Å². The van der Waals surface area contributed by atoms with Gasteiger partial charge in [-0.1, -0.05) is 12.5 Å². The highest BCUT2D eigenvalue weighted by Crippen LogP contribution is 2.36. The number of H-pyrrole nitrogens is 2. The van der Waals surface area contributed by atoms with Gasteiger partial charge >= 0.3 is 0 Å². The van der Waals surface area contributed by atoms with Crippen LogP contribution in [0.3, 0.4) is 0 Å². The SMILES string of the molecule is COc1cc(F)cc(-c2nccc3[nH]c(-c4n[nH]c5ccc(-c6cncc(OC7CCCCC7)c6)cc45)cc23)c1. The molecule has 0 saturated heterocycles. The molecule has 1 saturated carbocycles. The number of pyridine rings is 2. The van der Waals surface area contributed by atoms with Gasteiger partial charge in [0.15, 0.2) is 0 Å². The number of ether oxygens (including phenoxy) is 2. The van der Waals surface area contributed by atoms with E-state index in [1.54, 1.807) is 18.5 Å². The second-order valence-corrected chi connectivity index (χ2v) is 10.3. The fourth-order valence-electron chi connectivity index (χ4n) is 5.64. The Labute approximate surface area is 230 Å². The van der Waals surface area contributed by atoms with Crippen LogP contribution < -0.4 is 9.47 Å². The van der Waals surface area contributed by atoms with Crippen LogP contribution in [0, 0.1) is 5.82 Å². The molecule has 7 nitrogen and oxygen atoms in total. The predicted molar refractivity (Wildman–Crippen MR) is 154 cm³/mol. The minimum atomic E-state index is -0.377. The van der Waals surface area contributed by atoms with Crippen LogP contribution in [-0.4, -0.2) is 38.4 Å². The average molecular weight is 534 g/mol. The summed E-state index contributed by atoms with van der Waals surface area (Å²) in [5.74, 6) is 0.872. The van der Waals surface area contributed by atoms with Crippen molar-refractivity contribution in [3.63, 3.8) is 0 Å². The summed E-state index contributed by atoms with van der Waals surface area (Å²) in [7, 11) is 1.52. The van der Waals surface area contributed by atoms with Gasteiger partial charge in [0.25, 0.3) is 0 Å². The van der Waals surface area contributed by atoms with Gasteiger partial charge < -0.3 is 14.5 Å². The molecule has 4 heterocycles. The first-order valence-electron chi connectivity index (χ1n) is 13.6. The Hall–Kier alpha value is -4.72. The lowest BCUT2D eigenvalue weighted by atomic mass is 9.98. The summed E-state index contributed by atoms with van der Waals surface area (Å²) in [6.45, 7) is 0. The monoisotopic (exact) mass is 533 g/mol. The number of rotatable bonds is 6. The largest absolute Gasteiger partial charge is 0.497 e. The third-order valence-electron chi connectivity index (χ3n) is 7.65. The summed E-state index contributed by atoms with van der Waals surface area (Å²) in [5, 5.41) is 9.64. The van der Waals surface area contributed by atoms with E-state index in [0.29, 0.717) is 17.0 Å². The average Bonchev–Trinajstić information content (AvgIpc) is 3.61. The lowest BCUT2D eigenvalue weighted by Crippen LogP contribution is -2.19. The molecule has 2 N–H and O–H groups in total. The summed E-state index contributed by atoms with van der Waals surface area (Å²) < 4.78 is 25.8. The van der Waals surface area contributed by atoms with Gasteiger partial charge in [0.05, 0.1) is 36.3 Å². The van der Waals surface area contributed by atoms with Gasteiger partial charge in [0.2, 0.25) is 0 Å². The zero-order valence-electron chi connectivity index (χ0n) is 22.1. The maximum Gasteiger partial charge on any atom is 0.138 e. The zero-order valence-corrected chi connectivity index (χ0v) is 22.1. The van der Waals surface area contributed by atoms with Gasteiger partial charge in [-0.2, -0.15) is 5.10 Å². The Kier molecular flexibility index (Phi) is 6.15. The number of hydrogen-bond acceptors (Lipinski definition) is 5. The third-order valence-corrected chi connectivity index (χ3v) is 7.65. The number of aromatic amines is 2. The maximum absolute atomic E-state index is 14.3. The van der Waals surface area contributed by atoms with E-state index in [1.807, 2.05) is 24.4 Å². The fraction of sp³-hybridized carbons (Fsp3) is 0.219. The quantitative estimate of drug-likeness (QED) is 0.229. The Bertz CT molecular complexity index is 1840. The number of aromatic nitrogens is 5. The van der Waals surface area contributed by atoms with Crippen molar-refractivity contribution in [2.24, 2.45) is 0 Å². The van der Waals surface area contributed by atoms with Crippen LogP contribution in [0.4, 0.5) is 4.39 Å². The topological polar surface area (TPSA) is 88.7 Å². The Morgan fingerprint density at radius 2 is 1.65 bits per heavy atom. The molecule has 0 bridgehead atoms. The minimum absolute atomic E-state index is 0.267. The number of hydrogen-bond donors (Lipinski definition) is 2. The fourth-order valence-corrected chi connectivity index (χ4v) is 5.64. The van der Waals surface area contributed by atoms with Crippen LogP contribution in [0.2, 0.25) is 0 Å². The van der Waals surface area contributed by atoms with Crippen LogP contribution in [0.15, 0.2) is 73.2 Å². The second-order valence-electron chi connectivity index (χ2n) is 10.3. The van der Waals surface area contributed by atoms with Crippen LogP contribution >= 0.6 is 0 Å². The number of methoxy groups -OCH3 is 1. The van der Waals surface area contributed by atoms with Crippen LogP contribution in [0.1, 0.15) is 32.1 Å². The minimum Gasteiger partial charge on any atom is -0.497 e. The van der Waals surface area contributed by atoms with E-state index in [-0.39, 0.29) is 11.9 Å². The standard InChI is InChI=1S/C32H28FN5O2/c1-39-24-12-20(11-22(33)15-24)31-27-16-30(36-28(27)9-10-35-31)32-26-14-19(7-8-29(26)37-38-32)21-13-25(18-34-17-21)40-23-5-3-2-4-6-23/h7-18,23,36H,2-6H2,1H3,(H,37,38). The van der Waals surface area contributed by atoms with Gasteiger partial charge in [-0.15, -0.1) is 0 Å². The third kappa shape index (κ3) is 4.55. The van der Waals surface area contributed by atoms with Crippen molar-refractivity contribution in [3.05, 3.63) is 79.0 Å². The molecule has 0 unspecified atom stereocenters. The number of benzene rings is 2. The molecule has 2 aromatic carbocycles. The molecule has 1 fully saturated rings. The first kappa shape index (κ1) is 24.3. The Morgan fingerprint density at radius 1 is 0.800 bits per heavy atom. The summed E-state index contributed by atoms with van der Waals surface area (Å²) in [4.78, 5) is 12.5. The van der Waals surface area contributed by atoms with Crippen LogP contribution in [0.25, 0.3) is 55.6 Å². The Balaban J connectivity index is 1.26. The van der Waals surface area contributed by atoms with Gasteiger partial charge in [-0.3, -0.25) is 15.1 Å². The van der Waals surface area contributed by atoms with Crippen molar-refractivity contribution in [1.29, 1.82) is 0 Å². The molecule has 200 valence electrons. The number of nitrogens with zero attached hydrogens (tertiary/aromatic N) is 3. The molecular formula is C32H28FN5O2. The first-order chi connectivity index (χ1) is 19.6. The molecule has 40 heavy (non-hydrogen) atoms. The highest BCUT2D eigenvalue weighted by molar-refractivity contribution is 6.00. The summed E-state index contributed by atoms with van der Waals surface area (Å²) in [6.07, 6.45) is 11.6. The van der Waals surface area contributed by atoms with Crippen molar-refractivity contribution < 1.29 is 13.9 Å². The van der Waals surface area contributed by atoms with E-state index in [4.69, 9.17) is 9.47 Å². The number of halogens is 1. The smallest absolute Gasteiger partial charge is 0.138 e. The maximum atomic E-state index is 14.3. The van der Waals surface area contributed by atoms with E-state index in [9.17, 15) is 4.39 Å². The van der Waals surface area contributed by atoms with E-state index in [2.05, 4.69) is 43.3 Å². The van der Waals surface area contributed by atoms with Gasteiger partial charge in [-0.05, 0) is 73.7 Å².